The maximum atomic E-state index is 5.37. The van der Waals surface area contributed by atoms with E-state index < -0.39 is 0 Å². The van der Waals surface area contributed by atoms with E-state index in [1.54, 1.807) is 12.7 Å². The fourth-order valence-corrected chi connectivity index (χ4v) is 3.46. The summed E-state index contributed by atoms with van der Waals surface area (Å²) in [5.41, 5.74) is 3.05. The van der Waals surface area contributed by atoms with Crippen LogP contribution in [0.5, 0.6) is 5.75 Å². The molecule has 2 heteroatoms. The minimum atomic E-state index is 0.632. The van der Waals surface area contributed by atoms with Crippen molar-refractivity contribution in [3.63, 3.8) is 0 Å². The number of hydrogen-bond donors (Lipinski definition) is 1. The van der Waals surface area contributed by atoms with Crippen LogP contribution in [0.1, 0.15) is 63.0 Å². The molecule has 0 saturated carbocycles. The Labute approximate surface area is 123 Å². The molecule has 0 heterocycles. The van der Waals surface area contributed by atoms with Crippen LogP contribution in [0.3, 0.4) is 0 Å². The van der Waals surface area contributed by atoms with E-state index in [1.165, 1.54) is 44.1 Å². The molecule has 0 saturated heterocycles. The van der Waals surface area contributed by atoms with E-state index >= 15 is 0 Å². The van der Waals surface area contributed by atoms with Crippen molar-refractivity contribution in [2.24, 2.45) is 0 Å². The van der Waals surface area contributed by atoms with Crippen LogP contribution in [-0.4, -0.2) is 19.7 Å². The monoisotopic (exact) mass is 275 g/mol. The third-order valence-electron chi connectivity index (χ3n) is 4.45. The Bertz CT molecular complexity index is 416. The summed E-state index contributed by atoms with van der Waals surface area (Å²) in [7, 11) is 1.75. The Balaban J connectivity index is 2.20. The molecule has 2 nitrogen and oxygen atoms in total. The van der Waals surface area contributed by atoms with Gasteiger partial charge in [0.1, 0.15) is 5.75 Å². The fourth-order valence-electron chi connectivity index (χ4n) is 3.46. The molecule has 2 atom stereocenters. The molecule has 1 N–H and O–H groups in total. The lowest BCUT2D eigenvalue weighted by Gasteiger charge is -2.33. The van der Waals surface area contributed by atoms with Crippen LogP contribution < -0.4 is 10.1 Å². The summed E-state index contributed by atoms with van der Waals surface area (Å²) in [4.78, 5) is 0. The van der Waals surface area contributed by atoms with Gasteiger partial charge < -0.3 is 10.1 Å². The minimum Gasteiger partial charge on any atom is -0.497 e. The lowest BCUT2D eigenvalue weighted by molar-refractivity contribution is 0.368. The average molecular weight is 275 g/mol. The molecule has 2 unspecified atom stereocenters. The van der Waals surface area contributed by atoms with Gasteiger partial charge in [0.15, 0.2) is 0 Å². The molecule has 0 radical (unpaired) electrons. The van der Waals surface area contributed by atoms with Crippen molar-refractivity contribution in [1.29, 1.82) is 0 Å². The number of rotatable bonds is 7. The summed E-state index contributed by atoms with van der Waals surface area (Å²) in [5, 5.41) is 3.78. The minimum absolute atomic E-state index is 0.632. The zero-order valence-corrected chi connectivity index (χ0v) is 13.2. The summed E-state index contributed by atoms with van der Waals surface area (Å²) >= 11 is 0. The van der Waals surface area contributed by atoms with Crippen molar-refractivity contribution in [1.82, 2.24) is 5.32 Å². The maximum absolute atomic E-state index is 5.37. The SMILES string of the molecule is CCCNC(CCC)C1CCCc2cc(OC)ccc21. The topological polar surface area (TPSA) is 21.3 Å². The Kier molecular flexibility index (Phi) is 5.90. The van der Waals surface area contributed by atoms with E-state index in [0.29, 0.717) is 12.0 Å². The Morgan fingerprint density at radius 2 is 2.15 bits per heavy atom. The van der Waals surface area contributed by atoms with Gasteiger partial charge in [0, 0.05) is 6.04 Å². The lowest BCUT2D eigenvalue weighted by Crippen LogP contribution is -2.37. The van der Waals surface area contributed by atoms with Gasteiger partial charge in [-0.3, -0.25) is 0 Å². The molecule has 0 amide bonds. The van der Waals surface area contributed by atoms with Gasteiger partial charge >= 0.3 is 0 Å². The number of methoxy groups -OCH3 is 1. The highest BCUT2D eigenvalue weighted by molar-refractivity contribution is 5.40. The number of fused-ring (bicyclic) bond motifs is 1. The predicted molar refractivity (Wildman–Crippen MR) is 85.7 cm³/mol. The summed E-state index contributed by atoms with van der Waals surface area (Å²) in [6.07, 6.45) is 7.57. The Hall–Kier alpha value is -1.02. The number of ether oxygens (including phenoxy) is 1. The highest BCUT2D eigenvalue weighted by Gasteiger charge is 2.27. The highest BCUT2D eigenvalue weighted by atomic mass is 16.5. The fraction of sp³-hybridized carbons (Fsp3) is 0.667. The molecule has 112 valence electrons. The molecule has 0 fully saturated rings. The van der Waals surface area contributed by atoms with E-state index in [-0.39, 0.29) is 0 Å². The zero-order chi connectivity index (χ0) is 14.4. The van der Waals surface area contributed by atoms with Crippen LogP contribution in [0.15, 0.2) is 18.2 Å². The van der Waals surface area contributed by atoms with Gasteiger partial charge in [-0.2, -0.15) is 0 Å². The van der Waals surface area contributed by atoms with Gasteiger partial charge in [-0.25, -0.2) is 0 Å². The standard InChI is InChI=1S/C18H29NO/c1-4-7-18(19-12-5-2)17-9-6-8-14-13-15(20-3)10-11-16(14)17/h10-11,13,17-19H,4-9,12H2,1-3H3. The first-order valence-electron chi connectivity index (χ1n) is 8.20. The zero-order valence-electron chi connectivity index (χ0n) is 13.2. The van der Waals surface area contributed by atoms with Crippen molar-refractivity contribution < 1.29 is 4.74 Å². The first-order chi connectivity index (χ1) is 9.80. The van der Waals surface area contributed by atoms with Crippen LogP contribution in [0, 0.1) is 0 Å². The van der Waals surface area contributed by atoms with Crippen molar-refractivity contribution in [3.05, 3.63) is 29.3 Å². The van der Waals surface area contributed by atoms with Crippen LogP contribution in [0.2, 0.25) is 0 Å². The van der Waals surface area contributed by atoms with Gasteiger partial charge in [0.05, 0.1) is 7.11 Å². The van der Waals surface area contributed by atoms with Crippen LogP contribution in [0.25, 0.3) is 0 Å². The van der Waals surface area contributed by atoms with Gasteiger partial charge in [-0.15, -0.1) is 0 Å². The van der Waals surface area contributed by atoms with Crippen molar-refractivity contribution in [2.75, 3.05) is 13.7 Å². The summed E-state index contributed by atoms with van der Waals surface area (Å²) in [6.45, 7) is 5.67. The maximum Gasteiger partial charge on any atom is 0.119 e. The van der Waals surface area contributed by atoms with Gasteiger partial charge in [0.25, 0.3) is 0 Å². The largest absolute Gasteiger partial charge is 0.497 e. The van der Waals surface area contributed by atoms with E-state index in [1.807, 2.05) is 0 Å². The van der Waals surface area contributed by atoms with Crippen molar-refractivity contribution >= 4 is 0 Å². The molecule has 0 spiro atoms. The molecule has 1 aliphatic carbocycles. The highest BCUT2D eigenvalue weighted by Crippen LogP contribution is 2.37. The normalized spacial score (nSPS) is 19.4. The van der Waals surface area contributed by atoms with Gasteiger partial charge in [0.2, 0.25) is 0 Å². The van der Waals surface area contributed by atoms with Crippen molar-refractivity contribution in [3.8, 4) is 5.75 Å². The third kappa shape index (κ3) is 3.54. The molecule has 2 rings (SSSR count). The first kappa shape index (κ1) is 15.4. The number of benzene rings is 1. The molecule has 20 heavy (non-hydrogen) atoms. The molecular formula is C18H29NO. The smallest absolute Gasteiger partial charge is 0.119 e. The molecule has 1 aromatic rings. The molecular weight excluding hydrogens is 246 g/mol. The molecule has 1 aliphatic rings. The number of hydrogen-bond acceptors (Lipinski definition) is 2. The Morgan fingerprint density at radius 1 is 1.30 bits per heavy atom. The third-order valence-corrected chi connectivity index (χ3v) is 4.45. The molecule has 0 aliphatic heterocycles. The second-order valence-corrected chi connectivity index (χ2v) is 5.91. The Morgan fingerprint density at radius 3 is 2.85 bits per heavy atom. The summed E-state index contributed by atoms with van der Waals surface area (Å²) in [5.74, 6) is 1.68. The number of aryl methyl sites for hydroxylation is 1. The molecule has 0 bridgehead atoms. The van der Waals surface area contributed by atoms with E-state index in [4.69, 9.17) is 4.74 Å². The predicted octanol–water partition coefficient (Wildman–Crippen LogP) is 4.28. The van der Waals surface area contributed by atoms with E-state index in [0.717, 1.165) is 12.3 Å². The number of nitrogens with one attached hydrogen (secondary N) is 1. The van der Waals surface area contributed by atoms with Crippen molar-refractivity contribution in [2.45, 2.75) is 64.3 Å². The lowest BCUT2D eigenvalue weighted by atomic mass is 9.77. The second kappa shape index (κ2) is 7.68. The van der Waals surface area contributed by atoms with E-state index in [2.05, 4.69) is 37.4 Å². The summed E-state index contributed by atoms with van der Waals surface area (Å²) in [6, 6.07) is 7.30. The second-order valence-electron chi connectivity index (χ2n) is 5.91. The van der Waals surface area contributed by atoms with Gasteiger partial charge in [-0.1, -0.05) is 26.3 Å². The van der Waals surface area contributed by atoms with Crippen LogP contribution in [0.4, 0.5) is 0 Å². The van der Waals surface area contributed by atoms with Crippen LogP contribution in [-0.2, 0) is 6.42 Å². The first-order valence-corrected chi connectivity index (χ1v) is 8.20. The van der Waals surface area contributed by atoms with E-state index in [9.17, 15) is 0 Å². The molecule has 0 aromatic heterocycles. The summed E-state index contributed by atoms with van der Waals surface area (Å²) < 4.78 is 5.37. The average Bonchev–Trinajstić information content (AvgIpc) is 2.50. The van der Waals surface area contributed by atoms with Crippen LogP contribution >= 0.6 is 0 Å². The van der Waals surface area contributed by atoms with Gasteiger partial charge in [-0.05, 0) is 67.8 Å². The molecule has 1 aromatic carbocycles. The quantitative estimate of drug-likeness (QED) is 0.802.